The SMILES string of the molecule is CC(Oc1cc(-c2cnn(C3CCNC3)c2)cnc1N)c1c(Cl)ccc(F)c1Cl. The smallest absolute Gasteiger partial charge is 0.166 e. The number of nitrogens with one attached hydrogen (secondary N) is 1. The maximum Gasteiger partial charge on any atom is 0.166 e. The minimum Gasteiger partial charge on any atom is -0.482 e. The third-order valence-electron chi connectivity index (χ3n) is 5.01. The van der Waals surface area contributed by atoms with Gasteiger partial charge in [0.2, 0.25) is 0 Å². The highest BCUT2D eigenvalue weighted by Gasteiger charge is 2.21. The lowest BCUT2D eigenvalue weighted by atomic mass is 10.1. The predicted octanol–water partition coefficient (Wildman–Crippen LogP) is 4.65. The first kappa shape index (κ1) is 19.9. The van der Waals surface area contributed by atoms with Crippen LogP contribution in [0.4, 0.5) is 10.2 Å². The molecule has 3 N–H and O–H groups in total. The van der Waals surface area contributed by atoms with Crippen LogP contribution < -0.4 is 15.8 Å². The zero-order chi connectivity index (χ0) is 20.5. The Morgan fingerprint density at radius 2 is 2.14 bits per heavy atom. The van der Waals surface area contributed by atoms with Crippen LogP contribution in [0.2, 0.25) is 10.0 Å². The molecule has 1 aromatic carbocycles. The van der Waals surface area contributed by atoms with E-state index in [0.717, 1.165) is 30.6 Å². The molecule has 0 aliphatic carbocycles. The van der Waals surface area contributed by atoms with Gasteiger partial charge in [-0.25, -0.2) is 9.37 Å². The van der Waals surface area contributed by atoms with E-state index in [9.17, 15) is 4.39 Å². The minimum atomic E-state index is -0.627. The van der Waals surface area contributed by atoms with E-state index in [0.29, 0.717) is 22.4 Å². The molecule has 2 atom stereocenters. The molecule has 0 amide bonds. The number of pyridine rings is 1. The minimum absolute atomic E-state index is 0.0702. The molecule has 1 fully saturated rings. The molecule has 1 aliphatic heterocycles. The molecule has 2 aromatic heterocycles. The molecule has 9 heteroatoms. The van der Waals surface area contributed by atoms with Crippen LogP contribution in [0.25, 0.3) is 11.1 Å². The van der Waals surface area contributed by atoms with Crippen molar-refractivity contribution in [3.8, 4) is 16.9 Å². The Labute approximate surface area is 177 Å². The Kier molecular flexibility index (Phi) is 5.63. The van der Waals surface area contributed by atoms with Crippen LogP contribution in [-0.2, 0) is 0 Å². The lowest BCUT2D eigenvalue weighted by molar-refractivity contribution is 0.227. The summed E-state index contributed by atoms with van der Waals surface area (Å²) in [6.45, 7) is 3.62. The Hall–Kier alpha value is -2.35. The van der Waals surface area contributed by atoms with Crippen LogP contribution in [0.1, 0.15) is 31.1 Å². The number of hydrogen-bond acceptors (Lipinski definition) is 5. The van der Waals surface area contributed by atoms with E-state index in [-0.39, 0.29) is 10.8 Å². The summed E-state index contributed by atoms with van der Waals surface area (Å²) in [4.78, 5) is 4.23. The van der Waals surface area contributed by atoms with E-state index in [1.165, 1.54) is 12.1 Å². The molecular formula is C20H20Cl2FN5O. The van der Waals surface area contributed by atoms with Crippen LogP contribution in [0, 0.1) is 5.82 Å². The van der Waals surface area contributed by atoms with E-state index in [4.69, 9.17) is 33.7 Å². The van der Waals surface area contributed by atoms with E-state index in [1.54, 1.807) is 25.4 Å². The summed E-state index contributed by atoms with van der Waals surface area (Å²) in [7, 11) is 0. The number of ether oxygens (including phenoxy) is 1. The van der Waals surface area contributed by atoms with Crippen molar-refractivity contribution in [2.24, 2.45) is 0 Å². The molecule has 3 aromatic rings. The third kappa shape index (κ3) is 4.03. The van der Waals surface area contributed by atoms with Crippen molar-refractivity contribution in [3.63, 3.8) is 0 Å². The molecule has 1 aliphatic rings. The van der Waals surface area contributed by atoms with Gasteiger partial charge in [0.1, 0.15) is 11.9 Å². The van der Waals surface area contributed by atoms with Crippen molar-refractivity contribution < 1.29 is 9.13 Å². The quantitative estimate of drug-likeness (QED) is 0.570. The molecular weight excluding hydrogens is 416 g/mol. The van der Waals surface area contributed by atoms with E-state index in [2.05, 4.69) is 15.4 Å². The topological polar surface area (TPSA) is 78.0 Å². The fourth-order valence-electron chi connectivity index (χ4n) is 3.42. The highest BCUT2D eigenvalue weighted by atomic mass is 35.5. The molecule has 0 bridgehead atoms. The van der Waals surface area contributed by atoms with Gasteiger partial charge in [0.25, 0.3) is 0 Å². The van der Waals surface area contributed by atoms with Gasteiger partial charge in [-0.1, -0.05) is 23.2 Å². The van der Waals surface area contributed by atoms with Gasteiger partial charge in [-0.3, -0.25) is 4.68 Å². The zero-order valence-electron chi connectivity index (χ0n) is 15.7. The monoisotopic (exact) mass is 435 g/mol. The number of halogens is 3. The molecule has 4 rings (SSSR count). The standard InChI is InChI=1S/C20H20Cl2FN5O/c1-11(18-15(21)2-3-16(23)19(18)22)29-17-6-12(7-26-20(17)24)13-8-27-28(10-13)14-4-5-25-9-14/h2-3,6-8,10-11,14,25H,4-5,9H2,1H3,(H2,24,26). The molecule has 0 spiro atoms. The number of aromatic nitrogens is 3. The maximum absolute atomic E-state index is 13.9. The lowest BCUT2D eigenvalue weighted by Crippen LogP contribution is -2.13. The summed E-state index contributed by atoms with van der Waals surface area (Å²) >= 11 is 12.3. The fraction of sp³-hybridized carbons (Fsp3) is 0.300. The number of benzene rings is 1. The van der Waals surface area contributed by atoms with Crippen molar-refractivity contribution >= 4 is 29.0 Å². The molecule has 2 unspecified atom stereocenters. The van der Waals surface area contributed by atoms with Gasteiger partial charge in [-0.15, -0.1) is 0 Å². The van der Waals surface area contributed by atoms with Gasteiger partial charge in [0.05, 0.1) is 17.3 Å². The normalized spacial score (nSPS) is 17.4. The van der Waals surface area contributed by atoms with Gasteiger partial charge < -0.3 is 15.8 Å². The number of nitrogen functional groups attached to an aromatic ring is 1. The van der Waals surface area contributed by atoms with Crippen LogP contribution >= 0.6 is 23.2 Å². The Morgan fingerprint density at radius 3 is 2.90 bits per heavy atom. The van der Waals surface area contributed by atoms with Gasteiger partial charge >= 0.3 is 0 Å². The first-order chi connectivity index (χ1) is 13.9. The predicted molar refractivity (Wildman–Crippen MR) is 112 cm³/mol. The van der Waals surface area contributed by atoms with Crippen LogP contribution in [0.15, 0.2) is 36.8 Å². The molecule has 152 valence electrons. The van der Waals surface area contributed by atoms with Crippen molar-refractivity contribution in [1.82, 2.24) is 20.1 Å². The van der Waals surface area contributed by atoms with Crippen molar-refractivity contribution in [2.45, 2.75) is 25.5 Å². The molecule has 3 heterocycles. The first-order valence-electron chi connectivity index (χ1n) is 9.25. The molecule has 0 saturated carbocycles. The lowest BCUT2D eigenvalue weighted by Gasteiger charge is -2.19. The maximum atomic E-state index is 13.9. The largest absolute Gasteiger partial charge is 0.482 e. The molecule has 1 saturated heterocycles. The Bertz CT molecular complexity index is 1040. The van der Waals surface area contributed by atoms with Gasteiger partial charge in [-0.05, 0) is 38.1 Å². The van der Waals surface area contributed by atoms with Crippen LogP contribution in [0.3, 0.4) is 0 Å². The highest BCUT2D eigenvalue weighted by Crippen LogP contribution is 2.37. The second-order valence-electron chi connectivity index (χ2n) is 6.98. The average molecular weight is 436 g/mol. The summed E-state index contributed by atoms with van der Waals surface area (Å²) in [6.07, 6.45) is 5.86. The van der Waals surface area contributed by atoms with E-state index >= 15 is 0 Å². The summed E-state index contributed by atoms with van der Waals surface area (Å²) < 4.78 is 21.8. The van der Waals surface area contributed by atoms with Crippen molar-refractivity contribution in [2.75, 3.05) is 18.8 Å². The Balaban J connectivity index is 1.60. The number of anilines is 1. The van der Waals surface area contributed by atoms with E-state index < -0.39 is 11.9 Å². The van der Waals surface area contributed by atoms with E-state index in [1.807, 2.05) is 10.9 Å². The average Bonchev–Trinajstić information content (AvgIpc) is 3.38. The molecule has 29 heavy (non-hydrogen) atoms. The summed E-state index contributed by atoms with van der Waals surface area (Å²) in [5.41, 5.74) is 8.08. The molecule has 0 radical (unpaired) electrons. The third-order valence-corrected chi connectivity index (χ3v) is 5.73. The number of nitrogens with two attached hydrogens (primary N) is 1. The summed E-state index contributed by atoms with van der Waals surface area (Å²) in [5.74, 6) is 0.0218. The molecule has 6 nitrogen and oxygen atoms in total. The number of nitrogens with zero attached hydrogens (tertiary/aromatic N) is 3. The van der Waals surface area contributed by atoms with Gasteiger partial charge in [-0.2, -0.15) is 5.10 Å². The first-order valence-corrected chi connectivity index (χ1v) is 10.0. The second kappa shape index (κ2) is 8.18. The fourth-order valence-corrected chi connectivity index (χ4v) is 4.10. The summed E-state index contributed by atoms with van der Waals surface area (Å²) in [6, 6.07) is 4.80. The highest BCUT2D eigenvalue weighted by molar-refractivity contribution is 6.36. The van der Waals surface area contributed by atoms with Gasteiger partial charge in [0, 0.05) is 40.7 Å². The number of hydrogen-bond donors (Lipinski definition) is 2. The van der Waals surface area contributed by atoms with Crippen molar-refractivity contribution in [3.05, 3.63) is 58.2 Å². The van der Waals surface area contributed by atoms with Gasteiger partial charge in [0.15, 0.2) is 11.6 Å². The van der Waals surface area contributed by atoms with Crippen molar-refractivity contribution in [1.29, 1.82) is 0 Å². The Morgan fingerprint density at radius 1 is 1.31 bits per heavy atom. The number of rotatable bonds is 5. The summed E-state index contributed by atoms with van der Waals surface area (Å²) in [5, 5.41) is 8.04. The van der Waals surface area contributed by atoms with Crippen LogP contribution in [-0.4, -0.2) is 27.9 Å². The van der Waals surface area contributed by atoms with Crippen LogP contribution in [0.5, 0.6) is 5.75 Å². The second-order valence-corrected chi connectivity index (χ2v) is 7.77. The zero-order valence-corrected chi connectivity index (χ0v) is 17.2.